The minimum atomic E-state index is 0.494. The molecule has 0 amide bonds. The van der Waals surface area contributed by atoms with E-state index in [1.807, 2.05) is 6.20 Å². The number of aromatic nitrogens is 2. The zero-order valence-electron chi connectivity index (χ0n) is 17.7. The number of hydrogen-bond donors (Lipinski definition) is 3. The third-order valence-corrected chi connectivity index (χ3v) is 6.52. The van der Waals surface area contributed by atoms with Crippen LogP contribution in [-0.4, -0.2) is 55.4 Å². The maximum absolute atomic E-state index is 5.50. The van der Waals surface area contributed by atoms with Crippen molar-refractivity contribution in [3.8, 4) is 11.3 Å². The second-order valence-electron chi connectivity index (χ2n) is 8.48. The number of benzene rings is 1. The molecular weight excluding hydrogens is 374 g/mol. The standard InChI is InChI=1S/C24H31N5O/c1-17(18-6-9-25-10-7-18)27-20-4-2-19(3-5-20)23-16-21-22(28-23)8-11-26-24(21)29-12-14-30-15-13-29/h2-5,8,11,16-18,25,27-28H,6-7,9-10,12-15H2,1H3/t17-/m1/s1. The SMILES string of the molecule is C[C@@H](Nc1ccc(-c2cc3c(N4CCOCC4)nccc3[nH]2)cc1)C1CCNCC1. The average Bonchev–Trinajstić information content (AvgIpc) is 3.25. The molecule has 0 spiro atoms. The summed E-state index contributed by atoms with van der Waals surface area (Å²) in [6.45, 7) is 7.89. The van der Waals surface area contributed by atoms with Gasteiger partial charge >= 0.3 is 0 Å². The van der Waals surface area contributed by atoms with Gasteiger partial charge in [0.2, 0.25) is 0 Å². The Bertz CT molecular complexity index is 971. The molecule has 2 aromatic heterocycles. The summed E-state index contributed by atoms with van der Waals surface area (Å²) in [5.74, 6) is 1.79. The van der Waals surface area contributed by atoms with E-state index in [0.717, 1.165) is 62.3 Å². The fourth-order valence-corrected chi connectivity index (χ4v) is 4.69. The Morgan fingerprint density at radius 2 is 1.87 bits per heavy atom. The zero-order valence-corrected chi connectivity index (χ0v) is 17.7. The van der Waals surface area contributed by atoms with Crippen molar-refractivity contribution in [2.75, 3.05) is 49.6 Å². The van der Waals surface area contributed by atoms with Crippen LogP contribution in [0.2, 0.25) is 0 Å². The Balaban J connectivity index is 1.34. The number of rotatable bonds is 5. The van der Waals surface area contributed by atoms with Crippen molar-refractivity contribution in [2.24, 2.45) is 5.92 Å². The number of hydrogen-bond acceptors (Lipinski definition) is 5. The molecule has 6 nitrogen and oxygen atoms in total. The lowest BCUT2D eigenvalue weighted by Gasteiger charge is -2.29. The number of H-pyrrole nitrogens is 1. The summed E-state index contributed by atoms with van der Waals surface area (Å²) in [4.78, 5) is 10.6. The van der Waals surface area contributed by atoms with E-state index in [0.29, 0.717) is 6.04 Å². The van der Waals surface area contributed by atoms with E-state index in [2.05, 4.69) is 68.8 Å². The number of nitrogens with one attached hydrogen (secondary N) is 3. The van der Waals surface area contributed by atoms with E-state index in [1.54, 1.807) is 0 Å². The quantitative estimate of drug-likeness (QED) is 0.601. The van der Waals surface area contributed by atoms with Gasteiger partial charge in [-0.15, -0.1) is 0 Å². The molecule has 1 aromatic carbocycles. The van der Waals surface area contributed by atoms with E-state index in [1.165, 1.54) is 29.5 Å². The zero-order chi connectivity index (χ0) is 20.3. The van der Waals surface area contributed by atoms with Crippen LogP contribution in [0.3, 0.4) is 0 Å². The first kappa shape index (κ1) is 19.4. The number of fused-ring (bicyclic) bond motifs is 1. The highest BCUT2D eigenvalue weighted by Crippen LogP contribution is 2.31. The Morgan fingerprint density at radius 3 is 2.63 bits per heavy atom. The number of morpholine rings is 1. The second kappa shape index (κ2) is 8.66. The molecule has 2 fully saturated rings. The van der Waals surface area contributed by atoms with Crippen LogP contribution >= 0.6 is 0 Å². The van der Waals surface area contributed by atoms with Crippen LogP contribution in [0.5, 0.6) is 0 Å². The summed E-state index contributed by atoms with van der Waals surface area (Å²) in [5.41, 5.74) is 4.64. The maximum Gasteiger partial charge on any atom is 0.138 e. The second-order valence-corrected chi connectivity index (χ2v) is 8.48. The highest BCUT2D eigenvalue weighted by atomic mass is 16.5. The highest BCUT2D eigenvalue weighted by molar-refractivity contribution is 5.94. The average molecular weight is 406 g/mol. The summed E-state index contributed by atoms with van der Waals surface area (Å²) in [6, 6.07) is 13.6. The van der Waals surface area contributed by atoms with Crippen LogP contribution in [0.4, 0.5) is 11.5 Å². The predicted octanol–water partition coefficient (Wildman–Crippen LogP) is 3.87. The van der Waals surface area contributed by atoms with Crippen LogP contribution < -0.4 is 15.5 Å². The summed E-state index contributed by atoms with van der Waals surface area (Å²) in [6.07, 6.45) is 4.39. The van der Waals surface area contributed by atoms with E-state index in [9.17, 15) is 0 Å². The summed E-state index contributed by atoms with van der Waals surface area (Å²) in [5, 5.41) is 8.33. The van der Waals surface area contributed by atoms with E-state index < -0.39 is 0 Å². The Morgan fingerprint density at radius 1 is 1.10 bits per heavy atom. The Kier molecular flexibility index (Phi) is 5.60. The lowest BCUT2D eigenvalue weighted by molar-refractivity contribution is 0.122. The molecule has 158 valence electrons. The smallest absolute Gasteiger partial charge is 0.138 e. The highest BCUT2D eigenvalue weighted by Gasteiger charge is 2.20. The van der Waals surface area contributed by atoms with Crippen molar-refractivity contribution in [1.82, 2.24) is 15.3 Å². The largest absolute Gasteiger partial charge is 0.382 e. The number of pyridine rings is 1. The summed E-state index contributed by atoms with van der Waals surface area (Å²) >= 11 is 0. The van der Waals surface area contributed by atoms with Crippen LogP contribution in [0.15, 0.2) is 42.6 Å². The first-order valence-corrected chi connectivity index (χ1v) is 11.2. The summed E-state index contributed by atoms with van der Waals surface area (Å²) < 4.78 is 5.50. The molecule has 0 bridgehead atoms. The molecule has 2 saturated heterocycles. The molecular formula is C24H31N5O. The number of piperidine rings is 1. The van der Waals surface area contributed by atoms with Gasteiger partial charge in [-0.3, -0.25) is 0 Å². The molecule has 2 aliphatic heterocycles. The minimum Gasteiger partial charge on any atom is -0.382 e. The van der Waals surface area contributed by atoms with E-state index in [4.69, 9.17) is 4.74 Å². The number of anilines is 2. The fraction of sp³-hybridized carbons (Fsp3) is 0.458. The van der Waals surface area contributed by atoms with Crippen LogP contribution in [0.25, 0.3) is 22.2 Å². The van der Waals surface area contributed by atoms with Crippen LogP contribution in [0, 0.1) is 5.92 Å². The normalized spacial score (nSPS) is 19.2. The van der Waals surface area contributed by atoms with Crippen molar-refractivity contribution in [3.63, 3.8) is 0 Å². The maximum atomic E-state index is 5.50. The van der Waals surface area contributed by atoms with E-state index >= 15 is 0 Å². The molecule has 0 radical (unpaired) electrons. The lowest BCUT2D eigenvalue weighted by atomic mass is 9.91. The van der Waals surface area contributed by atoms with Crippen LogP contribution in [-0.2, 0) is 4.74 Å². The molecule has 30 heavy (non-hydrogen) atoms. The predicted molar refractivity (Wildman–Crippen MR) is 123 cm³/mol. The molecule has 1 atom stereocenters. The molecule has 4 heterocycles. The minimum absolute atomic E-state index is 0.494. The third-order valence-electron chi connectivity index (χ3n) is 6.52. The Labute approximate surface area is 178 Å². The monoisotopic (exact) mass is 405 g/mol. The molecule has 0 saturated carbocycles. The third kappa shape index (κ3) is 4.02. The Hall–Kier alpha value is -2.57. The number of nitrogens with zero attached hydrogens (tertiary/aromatic N) is 2. The number of ether oxygens (including phenoxy) is 1. The molecule has 3 aromatic rings. The molecule has 0 aliphatic carbocycles. The van der Waals surface area contributed by atoms with Gasteiger partial charge < -0.3 is 25.3 Å². The number of aromatic amines is 1. The van der Waals surface area contributed by atoms with Gasteiger partial charge in [0.05, 0.1) is 18.7 Å². The van der Waals surface area contributed by atoms with Crippen molar-refractivity contribution < 1.29 is 4.74 Å². The van der Waals surface area contributed by atoms with Crippen molar-refractivity contribution >= 4 is 22.4 Å². The van der Waals surface area contributed by atoms with Crippen molar-refractivity contribution in [2.45, 2.75) is 25.8 Å². The van der Waals surface area contributed by atoms with Crippen molar-refractivity contribution in [3.05, 3.63) is 42.6 Å². The molecule has 2 aliphatic rings. The fourth-order valence-electron chi connectivity index (χ4n) is 4.69. The summed E-state index contributed by atoms with van der Waals surface area (Å²) in [7, 11) is 0. The topological polar surface area (TPSA) is 65.2 Å². The van der Waals surface area contributed by atoms with Gasteiger partial charge in [0.1, 0.15) is 5.82 Å². The van der Waals surface area contributed by atoms with Gasteiger partial charge in [-0.25, -0.2) is 4.98 Å². The molecule has 6 heteroatoms. The first-order chi connectivity index (χ1) is 14.8. The lowest BCUT2D eigenvalue weighted by Crippen LogP contribution is -2.36. The molecule has 0 unspecified atom stereocenters. The molecule has 5 rings (SSSR count). The van der Waals surface area contributed by atoms with Gasteiger partial charge in [-0.1, -0.05) is 12.1 Å². The van der Waals surface area contributed by atoms with Gasteiger partial charge in [0, 0.05) is 42.1 Å². The van der Waals surface area contributed by atoms with Crippen LogP contribution in [0.1, 0.15) is 19.8 Å². The van der Waals surface area contributed by atoms with Gasteiger partial charge in [0.25, 0.3) is 0 Å². The van der Waals surface area contributed by atoms with Gasteiger partial charge in [0.15, 0.2) is 0 Å². The van der Waals surface area contributed by atoms with Gasteiger partial charge in [-0.2, -0.15) is 0 Å². The first-order valence-electron chi connectivity index (χ1n) is 11.2. The van der Waals surface area contributed by atoms with Crippen molar-refractivity contribution in [1.29, 1.82) is 0 Å². The molecule has 3 N–H and O–H groups in total. The van der Waals surface area contributed by atoms with Gasteiger partial charge in [-0.05, 0) is 68.6 Å². The van der Waals surface area contributed by atoms with E-state index in [-0.39, 0.29) is 0 Å².